The van der Waals surface area contributed by atoms with Gasteiger partial charge >= 0.3 is 6.09 Å². The Balaban J connectivity index is 1.65. The van der Waals surface area contributed by atoms with E-state index in [2.05, 4.69) is 4.98 Å². The van der Waals surface area contributed by atoms with Crippen LogP contribution in [0.5, 0.6) is 5.75 Å². The number of nitrogens with zero attached hydrogens (tertiary/aromatic N) is 2. The monoisotopic (exact) mass is 460 g/mol. The van der Waals surface area contributed by atoms with E-state index in [0.717, 1.165) is 28.4 Å². The zero-order valence-corrected chi connectivity index (χ0v) is 17.6. The molecule has 0 bridgehead atoms. The minimum absolute atomic E-state index is 0.191. The summed E-state index contributed by atoms with van der Waals surface area (Å²) in [6.45, 7) is 1.52. The average Bonchev–Trinajstić information content (AvgIpc) is 3.14. The fourth-order valence-corrected chi connectivity index (χ4v) is 4.29. The first kappa shape index (κ1) is 21.0. The van der Waals surface area contributed by atoms with Crippen LogP contribution in [0.1, 0.15) is 18.6 Å². The lowest BCUT2D eigenvalue weighted by atomic mass is 10.1. The molecule has 0 aliphatic carbocycles. The van der Waals surface area contributed by atoms with Gasteiger partial charge in [0, 0.05) is 0 Å². The third kappa shape index (κ3) is 4.17. The number of rotatable bonds is 5. The smallest absolute Gasteiger partial charge is 0.418 e. The van der Waals surface area contributed by atoms with Crippen LogP contribution in [0.25, 0.3) is 10.2 Å². The van der Waals surface area contributed by atoms with E-state index in [1.807, 2.05) is 0 Å². The molecule has 31 heavy (non-hydrogen) atoms. The molecular weight excluding hydrogens is 446 g/mol. The van der Waals surface area contributed by atoms with Gasteiger partial charge in [0.2, 0.25) is 5.13 Å². The second kappa shape index (κ2) is 8.49. The number of ether oxygens (including phenoxy) is 1. The Bertz CT molecular complexity index is 1270. The second-order valence-corrected chi connectivity index (χ2v) is 8.01. The summed E-state index contributed by atoms with van der Waals surface area (Å²) in [7, 11) is 0. The first-order chi connectivity index (χ1) is 14.8. The van der Waals surface area contributed by atoms with Gasteiger partial charge in [0.15, 0.2) is 5.82 Å². The summed E-state index contributed by atoms with van der Waals surface area (Å²) >= 11 is 6.92. The Hall–Kier alpha value is -3.23. The summed E-state index contributed by atoms with van der Waals surface area (Å²) in [4.78, 5) is 17.3. The topological polar surface area (TPSA) is 62.7 Å². The summed E-state index contributed by atoms with van der Waals surface area (Å²) in [6, 6.07) is 15.8. The summed E-state index contributed by atoms with van der Waals surface area (Å²) in [6.07, 6.45) is -2.11. The molecule has 0 saturated carbocycles. The standard InChI is InChI=1S/C22H15ClF2N2O3S/c1-12(19-16(24)9-8-15(23)20(19)25)30-14-7-10-17-18(11-14)31-21(26-17)27(22(28)29)13-5-3-2-4-6-13/h2-12H,1H3,(H,28,29). The zero-order chi connectivity index (χ0) is 22.1. The van der Waals surface area contributed by atoms with Crippen LogP contribution in [0, 0.1) is 11.6 Å². The molecule has 1 atom stereocenters. The zero-order valence-electron chi connectivity index (χ0n) is 16.1. The lowest BCUT2D eigenvalue weighted by Gasteiger charge is -2.17. The van der Waals surface area contributed by atoms with Gasteiger partial charge in [-0.3, -0.25) is 0 Å². The van der Waals surface area contributed by atoms with Gasteiger partial charge in [0.05, 0.1) is 26.5 Å². The maximum Gasteiger partial charge on any atom is 0.418 e. The molecule has 1 heterocycles. The summed E-state index contributed by atoms with van der Waals surface area (Å²) in [5, 5.41) is 9.74. The molecule has 4 rings (SSSR count). The van der Waals surface area contributed by atoms with Crippen molar-refractivity contribution in [2.45, 2.75) is 13.0 Å². The van der Waals surface area contributed by atoms with Crippen molar-refractivity contribution >= 4 is 50.1 Å². The van der Waals surface area contributed by atoms with Crippen molar-refractivity contribution in [2.75, 3.05) is 4.90 Å². The highest BCUT2D eigenvalue weighted by atomic mass is 35.5. The summed E-state index contributed by atoms with van der Waals surface area (Å²) in [5.41, 5.74) is 0.770. The normalized spacial score (nSPS) is 12.0. The Morgan fingerprint density at radius 2 is 1.90 bits per heavy atom. The van der Waals surface area contributed by atoms with Gasteiger partial charge in [0.25, 0.3) is 0 Å². The highest BCUT2D eigenvalue weighted by Gasteiger charge is 2.22. The molecule has 158 valence electrons. The Morgan fingerprint density at radius 3 is 2.61 bits per heavy atom. The van der Waals surface area contributed by atoms with Crippen molar-refractivity contribution in [2.24, 2.45) is 0 Å². The number of carboxylic acid groups (broad SMARTS) is 1. The molecule has 0 saturated heterocycles. The minimum Gasteiger partial charge on any atom is -0.486 e. The molecule has 0 spiro atoms. The number of hydrogen-bond donors (Lipinski definition) is 1. The van der Waals surface area contributed by atoms with Gasteiger partial charge in [0.1, 0.15) is 17.7 Å². The van der Waals surface area contributed by atoms with E-state index < -0.39 is 23.8 Å². The maximum atomic E-state index is 14.3. The third-order valence-corrected chi connectivity index (χ3v) is 5.84. The molecular formula is C22H15ClF2N2O3S. The lowest BCUT2D eigenvalue weighted by Crippen LogP contribution is -2.23. The first-order valence-electron chi connectivity index (χ1n) is 9.14. The number of hydrogen-bond acceptors (Lipinski definition) is 4. The van der Waals surface area contributed by atoms with E-state index >= 15 is 0 Å². The van der Waals surface area contributed by atoms with Crippen LogP contribution in [-0.4, -0.2) is 16.2 Å². The van der Waals surface area contributed by atoms with Gasteiger partial charge < -0.3 is 9.84 Å². The third-order valence-electron chi connectivity index (χ3n) is 4.54. The van der Waals surface area contributed by atoms with Crippen LogP contribution in [-0.2, 0) is 0 Å². The van der Waals surface area contributed by atoms with E-state index in [1.165, 1.54) is 6.92 Å². The van der Waals surface area contributed by atoms with Crippen LogP contribution < -0.4 is 9.64 Å². The number of thiazole rings is 1. The van der Waals surface area contributed by atoms with Gasteiger partial charge in [-0.2, -0.15) is 0 Å². The van der Waals surface area contributed by atoms with Crippen LogP contribution >= 0.6 is 22.9 Å². The summed E-state index contributed by atoms with van der Waals surface area (Å²) in [5.74, 6) is -1.26. The molecule has 9 heteroatoms. The van der Waals surface area contributed by atoms with E-state index in [-0.39, 0.29) is 15.7 Å². The predicted molar refractivity (Wildman–Crippen MR) is 117 cm³/mol. The highest BCUT2D eigenvalue weighted by molar-refractivity contribution is 7.22. The van der Waals surface area contributed by atoms with Crippen molar-refractivity contribution in [3.63, 3.8) is 0 Å². The SMILES string of the molecule is CC(Oc1ccc2nc(N(C(=O)O)c3ccccc3)sc2c1)c1c(F)ccc(Cl)c1F. The predicted octanol–water partition coefficient (Wildman–Crippen LogP) is 7.18. The lowest BCUT2D eigenvalue weighted by molar-refractivity contribution is 0.204. The number of amides is 1. The van der Waals surface area contributed by atoms with Crippen molar-refractivity contribution in [3.8, 4) is 5.75 Å². The number of aromatic nitrogens is 1. The van der Waals surface area contributed by atoms with Gasteiger partial charge in [-0.25, -0.2) is 23.5 Å². The molecule has 5 nitrogen and oxygen atoms in total. The molecule has 0 aliphatic rings. The Morgan fingerprint density at radius 1 is 1.16 bits per heavy atom. The molecule has 1 unspecified atom stereocenters. The molecule has 1 amide bonds. The number of halogens is 3. The van der Waals surface area contributed by atoms with Crippen LogP contribution in [0.2, 0.25) is 5.02 Å². The quantitative estimate of drug-likeness (QED) is 0.320. The molecule has 0 radical (unpaired) electrons. The number of anilines is 2. The van der Waals surface area contributed by atoms with Gasteiger partial charge in [-0.15, -0.1) is 0 Å². The van der Waals surface area contributed by atoms with Gasteiger partial charge in [-0.05, 0) is 49.4 Å². The molecule has 0 aliphatic heterocycles. The molecule has 3 aromatic carbocycles. The van der Waals surface area contributed by atoms with Gasteiger partial charge in [-0.1, -0.05) is 41.1 Å². The van der Waals surface area contributed by atoms with E-state index in [4.69, 9.17) is 16.3 Å². The average molecular weight is 461 g/mol. The second-order valence-electron chi connectivity index (χ2n) is 6.60. The number of carbonyl (C=O) groups is 1. The van der Waals surface area contributed by atoms with Crippen LogP contribution in [0.4, 0.5) is 24.4 Å². The van der Waals surface area contributed by atoms with Crippen molar-refractivity contribution in [1.82, 2.24) is 4.98 Å². The molecule has 0 fully saturated rings. The fourth-order valence-electron chi connectivity index (χ4n) is 3.12. The minimum atomic E-state index is -1.16. The maximum absolute atomic E-state index is 14.3. The number of para-hydroxylation sites is 1. The van der Waals surface area contributed by atoms with Crippen molar-refractivity contribution < 1.29 is 23.4 Å². The molecule has 4 aromatic rings. The van der Waals surface area contributed by atoms with Crippen LogP contribution in [0.15, 0.2) is 60.7 Å². The molecule has 1 aromatic heterocycles. The van der Waals surface area contributed by atoms with E-state index in [9.17, 15) is 18.7 Å². The first-order valence-corrected chi connectivity index (χ1v) is 10.3. The Labute approximate surface area is 185 Å². The number of benzene rings is 3. The summed E-state index contributed by atoms with van der Waals surface area (Å²) < 4.78 is 34.8. The van der Waals surface area contributed by atoms with E-state index in [0.29, 0.717) is 21.7 Å². The van der Waals surface area contributed by atoms with E-state index in [1.54, 1.807) is 48.5 Å². The van der Waals surface area contributed by atoms with Crippen molar-refractivity contribution in [3.05, 3.63) is 82.9 Å². The fraction of sp³-hybridized carbons (Fsp3) is 0.0909. The highest BCUT2D eigenvalue weighted by Crippen LogP contribution is 2.36. The van der Waals surface area contributed by atoms with Crippen LogP contribution in [0.3, 0.4) is 0 Å². The Kier molecular flexibility index (Phi) is 5.75. The van der Waals surface area contributed by atoms with Crippen molar-refractivity contribution in [1.29, 1.82) is 0 Å². The molecule has 1 N–H and O–H groups in total. The number of fused-ring (bicyclic) bond motifs is 1. The largest absolute Gasteiger partial charge is 0.486 e.